The molecule has 0 saturated heterocycles. The first-order valence-electron chi connectivity index (χ1n) is 10.2. The zero-order valence-electron chi connectivity index (χ0n) is 18.0. The maximum atomic E-state index is 12.5. The van der Waals surface area contributed by atoms with Crippen LogP contribution in [0.1, 0.15) is 28.4 Å². The second kappa shape index (κ2) is 11.1. The molecular formula is C25H25N3O3S. The molecule has 0 bridgehead atoms. The molecule has 0 radical (unpaired) electrons. The zero-order valence-corrected chi connectivity index (χ0v) is 18.8. The third kappa shape index (κ3) is 6.92. The van der Waals surface area contributed by atoms with Crippen molar-refractivity contribution in [2.24, 2.45) is 0 Å². The molecule has 2 amide bonds. The van der Waals surface area contributed by atoms with E-state index in [4.69, 9.17) is 17.0 Å². The van der Waals surface area contributed by atoms with Crippen LogP contribution in [0.3, 0.4) is 0 Å². The zero-order chi connectivity index (χ0) is 22.9. The van der Waals surface area contributed by atoms with E-state index in [1.807, 2.05) is 37.3 Å². The number of nitrogens with one attached hydrogen (secondary N) is 3. The van der Waals surface area contributed by atoms with E-state index in [-0.39, 0.29) is 16.9 Å². The van der Waals surface area contributed by atoms with E-state index in [0.717, 1.165) is 12.0 Å². The van der Waals surface area contributed by atoms with Crippen molar-refractivity contribution in [2.75, 3.05) is 17.2 Å². The summed E-state index contributed by atoms with van der Waals surface area (Å²) >= 11 is 5.25. The van der Waals surface area contributed by atoms with Crippen LogP contribution in [0.2, 0.25) is 0 Å². The van der Waals surface area contributed by atoms with E-state index in [0.29, 0.717) is 29.3 Å². The van der Waals surface area contributed by atoms with Crippen molar-refractivity contribution in [2.45, 2.75) is 20.3 Å². The van der Waals surface area contributed by atoms with Crippen LogP contribution in [0.5, 0.6) is 5.75 Å². The Kier molecular flexibility index (Phi) is 7.94. The second-order valence-corrected chi connectivity index (χ2v) is 7.64. The Balaban J connectivity index is 1.50. The number of carbonyl (C=O) groups is 2. The van der Waals surface area contributed by atoms with Crippen molar-refractivity contribution in [3.05, 3.63) is 89.5 Å². The van der Waals surface area contributed by atoms with Crippen molar-refractivity contribution >= 4 is 40.5 Å². The molecule has 7 heteroatoms. The fraction of sp³-hybridized carbons (Fsp3) is 0.160. The quantitative estimate of drug-likeness (QED) is 0.458. The minimum Gasteiger partial charge on any atom is -0.493 e. The van der Waals surface area contributed by atoms with Gasteiger partial charge in [0, 0.05) is 30.3 Å². The van der Waals surface area contributed by atoms with Crippen LogP contribution in [-0.2, 0) is 11.2 Å². The smallest absolute Gasteiger partial charge is 0.257 e. The lowest BCUT2D eigenvalue weighted by Gasteiger charge is -2.13. The highest BCUT2D eigenvalue weighted by atomic mass is 32.1. The van der Waals surface area contributed by atoms with Gasteiger partial charge in [0.1, 0.15) is 5.75 Å². The highest BCUT2D eigenvalue weighted by Crippen LogP contribution is 2.20. The van der Waals surface area contributed by atoms with Gasteiger partial charge in [-0.15, -0.1) is 0 Å². The van der Waals surface area contributed by atoms with E-state index >= 15 is 0 Å². The van der Waals surface area contributed by atoms with Crippen molar-refractivity contribution in [3.8, 4) is 5.75 Å². The summed E-state index contributed by atoms with van der Waals surface area (Å²) in [5.74, 6) is 0.212. The van der Waals surface area contributed by atoms with Gasteiger partial charge in [0.25, 0.3) is 5.91 Å². The van der Waals surface area contributed by atoms with Gasteiger partial charge in [0.05, 0.1) is 6.61 Å². The maximum Gasteiger partial charge on any atom is 0.257 e. The summed E-state index contributed by atoms with van der Waals surface area (Å²) in [5.41, 5.74) is 3.94. The van der Waals surface area contributed by atoms with E-state index in [9.17, 15) is 9.59 Å². The predicted molar refractivity (Wildman–Crippen MR) is 131 cm³/mol. The van der Waals surface area contributed by atoms with Crippen LogP contribution in [0, 0.1) is 6.92 Å². The summed E-state index contributed by atoms with van der Waals surface area (Å²) in [6.45, 7) is 3.90. The monoisotopic (exact) mass is 447 g/mol. The number of anilines is 2. The first kappa shape index (κ1) is 23.0. The molecule has 6 nitrogen and oxygen atoms in total. The molecule has 0 saturated carbocycles. The topological polar surface area (TPSA) is 79.5 Å². The number of carbonyl (C=O) groups excluding carboxylic acids is 2. The Morgan fingerprint density at radius 1 is 0.938 bits per heavy atom. The van der Waals surface area contributed by atoms with Gasteiger partial charge in [-0.25, -0.2) is 0 Å². The molecule has 164 valence electrons. The van der Waals surface area contributed by atoms with E-state index < -0.39 is 0 Å². The SMILES string of the molecule is CC(=O)Nc1cc(NC(=S)NC(=O)c2ccc(OCCc3ccccc3)cc2)ccc1C. The lowest BCUT2D eigenvalue weighted by molar-refractivity contribution is -0.114. The highest BCUT2D eigenvalue weighted by molar-refractivity contribution is 7.80. The number of amides is 2. The Morgan fingerprint density at radius 2 is 1.66 bits per heavy atom. The largest absolute Gasteiger partial charge is 0.493 e. The molecule has 3 aromatic rings. The van der Waals surface area contributed by atoms with Gasteiger partial charge in [-0.3, -0.25) is 14.9 Å². The lowest BCUT2D eigenvalue weighted by atomic mass is 10.1. The molecule has 0 fully saturated rings. The van der Waals surface area contributed by atoms with E-state index in [1.54, 1.807) is 30.3 Å². The third-order valence-electron chi connectivity index (χ3n) is 4.65. The fourth-order valence-electron chi connectivity index (χ4n) is 3.00. The molecule has 32 heavy (non-hydrogen) atoms. The minimum absolute atomic E-state index is 0.159. The molecule has 3 rings (SSSR count). The molecule has 3 N–H and O–H groups in total. The van der Waals surface area contributed by atoms with Gasteiger partial charge in [0.15, 0.2) is 5.11 Å². The first-order valence-corrected chi connectivity index (χ1v) is 10.6. The summed E-state index contributed by atoms with van der Waals surface area (Å²) in [6, 6.07) is 22.5. The summed E-state index contributed by atoms with van der Waals surface area (Å²) in [6.07, 6.45) is 0.811. The summed E-state index contributed by atoms with van der Waals surface area (Å²) in [7, 11) is 0. The van der Waals surface area contributed by atoms with Crippen LogP contribution in [0.15, 0.2) is 72.8 Å². The third-order valence-corrected chi connectivity index (χ3v) is 4.86. The van der Waals surface area contributed by atoms with Crippen LogP contribution in [0.25, 0.3) is 0 Å². The normalized spacial score (nSPS) is 10.2. The summed E-state index contributed by atoms with van der Waals surface area (Å²) in [4.78, 5) is 23.8. The van der Waals surface area contributed by atoms with Crippen molar-refractivity contribution in [1.29, 1.82) is 0 Å². The predicted octanol–water partition coefficient (Wildman–Crippen LogP) is 4.70. The number of thiocarbonyl (C=S) groups is 1. The number of rotatable bonds is 7. The van der Waals surface area contributed by atoms with Gasteiger partial charge >= 0.3 is 0 Å². The average molecular weight is 448 g/mol. The van der Waals surface area contributed by atoms with Gasteiger partial charge in [0.2, 0.25) is 5.91 Å². The van der Waals surface area contributed by atoms with Crippen molar-refractivity contribution < 1.29 is 14.3 Å². The molecule has 0 atom stereocenters. The van der Waals surface area contributed by atoms with Crippen LogP contribution >= 0.6 is 12.2 Å². The molecule has 0 aromatic heterocycles. The van der Waals surface area contributed by atoms with Crippen molar-refractivity contribution in [3.63, 3.8) is 0 Å². The molecule has 0 spiro atoms. The standard InChI is InChI=1S/C25H25N3O3S/c1-17-8-11-21(16-23(17)26-18(2)29)27-25(32)28-24(30)20-9-12-22(13-10-20)31-15-14-19-6-4-3-5-7-19/h3-13,16H,14-15H2,1-2H3,(H,26,29)(H2,27,28,30,32). The Morgan fingerprint density at radius 3 is 2.34 bits per heavy atom. The maximum absolute atomic E-state index is 12.5. The molecule has 3 aromatic carbocycles. The van der Waals surface area contributed by atoms with Crippen LogP contribution in [0.4, 0.5) is 11.4 Å². The van der Waals surface area contributed by atoms with Gasteiger partial charge in [-0.1, -0.05) is 36.4 Å². The Hall–Kier alpha value is -3.71. The number of hydrogen-bond acceptors (Lipinski definition) is 4. The van der Waals surface area contributed by atoms with Crippen molar-refractivity contribution in [1.82, 2.24) is 5.32 Å². The molecule has 0 unspecified atom stereocenters. The van der Waals surface area contributed by atoms with Gasteiger partial charge in [-0.2, -0.15) is 0 Å². The molecule has 0 aliphatic heterocycles. The Bertz CT molecular complexity index is 1100. The molecular weight excluding hydrogens is 422 g/mol. The van der Waals surface area contributed by atoms with Gasteiger partial charge in [-0.05, 0) is 66.7 Å². The van der Waals surface area contributed by atoms with Crippen LogP contribution in [-0.4, -0.2) is 23.5 Å². The Labute approximate surface area is 193 Å². The molecule has 0 aliphatic rings. The summed E-state index contributed by atoms with van der Waals surface area (Å²) < 4.78 is 5.75. The number of benzene rings is 3. The lowest BCUT2D eigenvalue weighted by Crippen LogP contribution is -2.34. The van der Waals surface area contributed by atoms with Crippen LogP contribution < -0.4 is 20.7 Å². The van der Waals surface area contributed by atoms with E-state index in [1.165, 1.54) is 12.5 Å². The average Bonchev–Trinajstić information content (AvgIpc) is 2.77. The minimum atomic E-state index is -0.326. The van der Waals surface area contributed by atoms with Gasteiger partial charge < -0.3 is 15.4 Å². The fourth-order valence-corrected chi connectivity index (χ4v) is 3.21. The number of ether oxygens (including phenoxy) is 1. The number of hydrogen-bond donors (Lipinski definition) is 3. The first-order chi connectivity index (χ1) is 15.4. The van der Waals surface area contributed by atoms with E-state index in [2.05, 4.69) is 28.1 Å². The summed E-state index contributed by atoms with van der Waals surface area (Å²) in [5, 5.41) is 8.54. The molecule has 0 aliphatic carbocycles. The number of aryl methyl sites for hydroxylation is 1. The molecule has 0 heterocycles. The highest BCUT2D eigenvalue weighted by Gasteiger charge is 2.09. The second-order valence-electron chi connectivity index (χ2n) is 7.23.